The molecule has 0 amide bonds. The minimum Gasteiger partial charge on any atom is -0.366 e. The first kappa shape index (κ1) is 13.9. The Morgan fingerprint density at radius 3 is 2.50 bits per heavy atom. The van der Waals surface area contributed by atoms with E-state index in [-0.39, 0.29) is 11.3 Å². The second-order valence-electron chi connectivity index (χ2n) is 6.94. The highest BCUT2D eigenvalue weighted by Gasteiger charge is 2.31. The summed E-state index contributed by atoms with van der Waals surface area (Å²) in [6.07, 6.45) is 4.10. The van der Waals surface area contributed by atoms with Crippen molar-refractivity contribution in [1.29, 1.82) is 0 Å². The van der Waals surface area contributed by atoms with Gasteiger partial charge in [-0.1, -0.05) is 6.07 Å². The minimum atomic E-state index is -3.05. The average Bonchev–Trinajstić information content (AvgIpc) is 2.54. The van der Waals surface area contributed by atoms with E-state index in [0.29, 0.717) is 11.3 Å². The quantitative estimate of drug-likeness (QED) is 0.738. The number of aryl methyl sites for hydroxylation is 2. The van der Waals surface area contributed by atoms with Gasteiger partial charge in [-0.2, -0.15) is 0 Å². The van der Waals surface area contributed by atoms with E-state index in [4.69, 9.17) is 0 Å². The lowest BCUT2D eigenvalue weighted by atomic mass is 10.00. The summed E-state index contributed by atoms with van der Waals surface area (Å²) in [5, 5.41) is 0. The first-order valence-corrected chi connectivity index (χ1v) is 9.10. The van der Waals surface area contributed by atoms with Crippen LogP contribution in [0, 0.1) is 0 Å². The van der Waals surface area contributed by atoms with Gasteiger partial charge < -0.3 is 4.90 Å². The van der Waals surface area contributed by atoms with Crippen LogP contribution in [0.4, 0.5) is 5.69 Å². The first-order valence-electron chi connectivity index (χ1n) is 7.45. The molecule has 0 fully saturated rings. The van der Waals surface area contributed by atoms with Crippen LogP contribution in [0.2, 0.25) is 0 Å². The molecular formula is C16H23NO2S. The van der Waals surface area contributed by atoms with Crippen LogP contribution in [0.1, 0.15) is 44.7 Å². The summed E-state index contributed by atoms with van der Waals surface area (Å²) >= 11 is 0. The number of benzene rings is 1. The van der Waals surface area contributed by atoms with Crippen molar-refractivity contribution < 1.29 is 8.42 Å². The van der Waals surface area contributed by atoms with E-state index in [1.807, 2.05) is 6.07 Å². The lowest BCUT2D eigenvalue weighted by molar-refractivity contribution is 0.498. The fourth-order valence-electron chi connectivity index (χ4n) is 3.36. The van der Waals surface area contributed by atoms with Gasteiger partial charge in [-0.25, -0.2) is 8.42 Å². The lowest BCUT2D eigenvalue weighted by Crippen LogP contribution is -2.42. The third-order valence-electron chi connectivity index (χ3n) is 4.42. The molecule has 2 aliphatic heterocycles. The summed E-state index contributed by atoms with van der Waals surface area (Å²) in [5.74, 6) is 0.279. The lowest BCUT2D eigenvalue weighted by Gasteiger charge is -2.38. The normalized spacial score (nSPS) is 21.2. The summed E-state index contributed by atoms with van der Waals surface area (Å²) in [6, 6.07) is 4.10. The molecule has 0 N–H and O–H groups in total. The Hall–Kier alpha value is -1.03. The molecule has 2 heterocycles. The Balaban J connectivity index is 2.19. The van der Waals surface area contributed by atoms with Crippen molar-refractivity contribution in [3.63, 3.8) is 0 Å². The average molecular weight is 293 g/mol. The molecule has 2 aliphatic rings. The number of nitrogens with zero attached hydrogens (tertiary/aromatic N) is 1. The second-order valence-corrected chi connectivity index (χ2v) is 9.01. The molecular weight excluding hydrogens is 270 g/mol. The highest BCUT2D eigenvalue weighted by molar-refractivity contribution is 7.91. The maximum absolute atomic E-state index is 12.2. The van der Waals surface area contributed by atoms with E-state index in [2.05, 4.69) is 31.7 Å². The Bertz CT molecular complexity index is 641. The SMILES string of the molecule is CC(C)(C)N1CCCCc2cc3c(cc21)S(=O)(=O)CC3. The van der Waals surface area contributed by atoms with Gasteiger partial charge in [-0.3, -0.25) is 0 Å². The van der Waals surface area contributed by atoms with Crippen molar-refractivity contribution in [3.8, 4) is 0 Å². The van der Waals surface area contributed by atoms with Gasteiger partial charge in [0.2, 0.25) is 0 Å². The van der Waals surface area contributed by atoms with Crippen molar-refractivity contribution >= 4 is 15.5 Å². The zero-order valence-electron chi connectivity index (χ0n) is 12.6. The Morgan fingerprint density at radius 1 is 1.05 bits per heavy atom. The van der Waals surface area contributed by atoms with Crippen LogP contribution in [-0.4, -0.2) is 26.3 Å². The van der Waals surface area contributed by atoms with Crippen LogP contribution in [0.5, 0.6) is 0 Å². The van der Waals surface area contributed by atoms with E-state index in [0.717, 1.165) is 24.2 Å². The standard InChI is InChI=1S/C16H23NO2S/c1-16(2,3)17-8-5-4-6-12-10-13-7-9-20(18,19)15(13)11-14(12)17/h10-11H,4-9H2,1-3H3. The number of sulfone groups is 1. The highest BCUT2D eigenvalue weighted by atomic mass is 32.2. The van der Waals surface area contributed by atoms with Crippen LogP contribution < -0.4 is 4.90 Å². The molecule has 0 spiro atoms. The molecule has 0 unspecified atom stereocenters. The number of fused-ring (bicyclic) bond motifs is 2. The third kappa shape index (κ3) is 2.24. The number of anilines is 1. The number of rotatable bonds is 0. The highest BCUT2D eigenvalue weighted by Crippen LogP contribution is 2.37. The topological polar surface area (TPSA) is 37.4 Å². The molecule has 0 aliphatic carbocycles. The van der Waals surface area contributed by atoms with E-state index in [1.54, 1.807) is 0 Å². The van der Waals surface area contributed by atoms with Crippen LogP contribution in [0.15, 0.2) is 17.0 Å². The first-order chi connectivity index (χ1) is 9.29. The summed E-state index contributed by atoms with van der Waals surface area (Å²) in [5.41, 5.74) is 3.52. The molecule has 0 saturated heterocycles. The molecule has 0 aromatic heterocycles. The van der Waals surface area contributed by atoms with Gasteiger partial charge in [-0.05, 0) is 63.6 Å². The minimum absolute atomic E-state index is 0.0235. The Kier molecular flexibility index (Phi) is 3.12. The van der Waals surface area contributed by atoms with Gasteiger partial charge in [0.25, 0.3) is 0 Å². The predicted octanol–water partition coefficient (Wildman–Crippen LogP) is 2.96. The Morgan fingerprint density at radius 2 is 1.80 bits per heavy atom. The zero-order chi connectivity index (χ0) is 14.5. The maximum Gasteiger partial charge on any atom is 0.179 e. The van der Waals surface area contributed by atoms with E-state index < -0.39 is 9.84 Å². The fraction of sp³-hybridized carbons (Fsp3) is 0.625. The van der Waals surface area contributed by atoms with Crippen molar-refractivity contribution in [3.05, 3.63) is 23.3 Å². The third-order valence-corrected chi connectivity index (χ3v) is 6.21. The molecule has 3 nitrogen and oxygen atoms in total. The van der Waals surface area contributed by atoms with Crippen molar-refractivity contribution in [2.45, 2.75) is 56.9 Å². The second kappa shape index (κ2) is 4.48. The smallest absolute Gasteiger partial charge is 0.179 e. The fourth-order valence-corrected chi connectivity index (χ4v) is 4.92. The molecule has 0 radical (unpaired) electrons. The summed E-state index contributed by atoms with van der Waals surface area (Å²) in [7, 11) is -3.05. The van der Waals surface area contributed by atoms with E-state index in [1.165, 1.54) is 18.4 Å². The largest absolute Gasteiger partial charge is 0.366 e. The van der Waals surface area contributed by atoms with Crippen molar-refractivity contribution in [2.24, 2.45) is 0 Å². The monoisotopic (exact) mass is 293 g/mol. The van der Waals surface area contributed by atoms with Crippen molar-refractivity contribution in [2.75, 3.05) is 17.2 Å². The van der Waals surface area contributed by atoms with Crippen LogP contribution in [-0.2, 0) is 22.7 Å². The Labute approximate surface area is 121 Å². The summed E-state index contributed by atoms with van der Waals surface area (Å²) < 4.78 is 24.3. The van der Waals surface area contributed by atoms with Crippen LogP contribution >= 0.6 is 0 Å². The van der Waals surface area contributed by atoms with Gasteiger partial charge in [0.05, 0.1) is 10.6 Å². The van der Waals surface area contributed by atoms with E-state index >= 15 is 0 Å². The van der Waals surface area contributed by atoms with Crippen LogP contribution in [0.3, 0.4) is 0 Å². The van der Waals surface area contributed by atoms with Crippen LogP contribution in [0.25, 0.3) is 0 Å². The van der Waals surface area contributed by atoms with Gasteiger partial charge in [0.15, 0.2) is 9.84 Å². The molecule has 110 valence electrons. The molecule has 1 aromatic carbocycles. The van der Waals surface area contributed by atoms with E-state index in [9.17, 15) is 8.42 Å². The molecule has 1 aromatic rings. The molecule has 3 rings (SSSR count). The van der Waals surface area contributed by atoms with Crippen molar-refractivity contribution in [1.82, 2.24) is 0 Å². The molecule has 0 atom stereocenters. The zero-order valence-corrected chi connectivity index (χ0v) is 13.4. The van der Waals surface area contributed by atoms with Gasteiger partial charge in [0.1, 0.15) is 0 Å². The predicted molar refractivity (Wildman–Crippen MR) is 82.2 cm³/mol. The van der Waals surface area contributed by atoms with Gasteiger partial charge in [0, 0.05) is 17.8 Å². The number of hydrogen-bond acceptors (Lipinski definition) is 3. The maximum atomic E-state index is 12.2. The number of hydrogen-bond donors (Lipinski definition) is 0. The summed E-state index contributed by atoms with van der Waals surface area (Å²) in [6.45, 7) is 7.60. The molecule has 0 saturated carbocycles. The van der Waals surface area contributed by atoms with Gasteiger partial charge in [-0.15, -0.1) is 0 Å². The molecule has 20 heavy (non-hydrogen) atoms. The molecule has 4 heteroatoms. The summed E-state index contributed by atoms with van der Waals surface area (Å²) in [4.78, 5) is 2.95. The molecule has 0 bridgehead atoms. The van der Waals surface area contributed by atoms with Gasteiger partial charge >= 0.3 is 0 Å².